The zero-order chi connectivity index (χ0) is 21.9. The topological polar surface area (TPSA) is 78.3 Å². The van der Waals surface area contributed by atoms with Gasteiger partial charge in [-0.15, -0.1) is 21.5 Å². The number of anilines is 1. The van der Waals surface area contributed by atoms with Crippen LogP contribution in [0, 0.1) is 0 Å². The highest BCUT2D eigenvalue weighted by Crippen LogP contribution is 2.34. The van der Waals surface area contributed by atoms with Gasteiger partial charge in [-0.2, -0.15) is 0 Å². The predicted molar refractivity (Wildman–Crippen MR) is 126 cm³/mol. The second-order valence-electron chi connectivity index (χ2n) is 7.06. The molecule has 162 valence electrons. The number of para-hydroxylation sites is 1. The van der Waals surface area contributed by atoms with Crippen molar-refractivity contribution in [2.75, 3.05) is 18.5 Å². The molecule has 0 radical (unpaired) electrons. The van der Waals surface area contributed by atoms with Crippen molar-refractivity contribution in [1.29, 1.82) is 0 Å². The fraction of sp³-hybridized carbons (Fsp3) is 0.174. The van der Waals surface area contributed by atoms with Gasteiger partial charge >= 0.3 is 0 Å². The van der Waals surface area contributed by atoms with Gasteiger partial charge in [0.15, 0.2) is 22.5 Å². The van der Waals surface area contributed by atoms with Gasteiger partial charge in [0.05, 0.1) is 10.1 Å². The number of aromatic nitrogens is 3. The molecule has 0 saturated heterocycles. The van der Waals surface area contributed by atoms with E-state index in [0.717, 1.165) is 16.4 Å². The van der Waals surface area contributed by atoms with E-state index in [4.69, 9.17) is 9.47 Å². The minimum absolute atomic E-state index is 0.132. The summed E-state index contributed by atoms with van der Waals surface area (Å²) < 4.78 is 13.1. The molecule has 1 atom stereocenters. The van der Waals surface area contributed by atoms with Crippen molar-refractivity contribution in [3.8, 4) is 27.9 Å². The van der Waals surface area contributed by atoms with Crippen LogP contribution < -0.4 is 14.8 Å². The quantitative estimate of drug-likeness (QED) is 0.410. The zero-order valence-corrected chi connectivity index (χ0v) is 18.9. The van der Waals surface area contributed by atoms with Gasteiger partial charge in [0.2, 0.25) is 5.91 Å². The Morgan fingerprint density at radius 3 is 2.66 bits per heavy atom. The molecule has 0 fully saturated rings. The van der Waals surface area contributed by atoms with Gasteiger partial charge in [-0.05, 0) is 42.6 Å². The Morgan fingerprint density at radius 2 is 1.88 bits per heavy atom. The van der Waals surface area contributed by atoms with Crippen molar-refractivity contribution in [1.82, 2.24) is 14.8 Å². The lowest BCUT2D eigenvalue weighted by molar-refractivity contribution is -0.115. The first-order valence-electron chi connectivity index (χ1n) is 10.1. The SMILES string of the molecule is C[C@H](Sc1nnc(-c2cccs2)n1-c1ccccc1)C(=O)Nc1ccc2c(c1)OCCO2. The first-order valence-corrected chi connectivity index (χ1v) is 11.9. The highest BCUT2D eigenvalue weighted by Gasteiger charge is 2.23. The Bertz CT molecular complexity index is 1230. The molecular weight excluding hydrogens is 444 g/mol. The first kappa shape index (κ1) is 20.6. The van der Waals surface area contributed by atoms with Gasteiger partial charge in [-0.25, -0.2) is 0 Å². The van der Waals surface area contributed by atoms with Crippen LogP contribution in [0.15, 0.2) is 71.2 Å². The zero-order valence-electron chi connectivity index (χ0n) is 17.2. The first-order chi connectivity index (χ1) is 15.7. The molecular formula is C23H20N4O3S2. The summed E-state index contributed by atoms with van der Waals surface area (Å²) in [6.45, 7) is 2.88. The molecule has 9 heteroatoms. The van der Waals surface area contributed by atoms with E-state index in [-0.39, 0.29) is 5.91 Å². The molecule has 0 bridgehead atoms. The fourth-order valence-electron chi connectivity index (χ4n) is 3.30. The van der Waals surface area contributed by atoms with E-state index < -0.39 is 5.25 Å². The number of thiophene rings is 1. The Morgan fingerprint density at radius 1 is 1.06 bits per heavy atom. The summed E-state index contributed by atoms with van der Waals surface area (Å²) in [5.74, 6) is 1.95. The number of fused-ring (bicyclic) bond motifs is 1. The molecule has 0 spiro atoms. The van der Waals surface area contributed by atoms with E-state index in [0.29, 0.717) is 35.6 Å². The summed E-state index contributed by atoms with van der Waals surface area (Å²) >= 11 is 2.97. The van der Waals surface area contributed by atoms with E-state index in [1.54, 1.807) is 23.5 Å². The third-order valence-electron chi connectivity index (χ3n) is 4.85. The number of carbonyl (C=O) groups excluding carboxylic acids is 1. The lowest BCUT2D eigenvalue weighted by Crippen LogP contribution is -2.23. The number of amides is 1. The molecule has 2 aromatic carbocycles. The van der Waals surface area contributed by atoms with E-state index >= 15 is 0 Å². The monoisotopic (exact) mass is 464 g/mol. The Hall–Kier alpha value is -3.30. The van der Waals surface area contributed by atoms with Gasteiger partial charge in [-0.3, -0.25) is 9.36 Å². The maximum absolute atomic E-state index is 12.9. The summed E-state index contributed by atoms with van der Waals surface area (Å²) in [5, 5.41) is 14.0. The van der Waals surface area contributed by atoms with Crippen molar-refractivity contribution in [2.45, 2.75) is 17.3 Å². The molecule has 1 aliphatic heterocycles. The molecule has 0 aliphatic carbocycles. The number of nitrogens with zero attached hydrogens (tertiary/aromatic N) is 3. The number of rotatable bonds is 6. The molecule has 1 N–H and O–H groups in total. The highest BCUT2D eigenvalue weighted by atomic mass is 32.2. The van der Waals surface area contributed by atoms with E-state index in [9.17, 15) is 4.79 Å². The van der Waals surface area contributed by atoms with E-state index in [1.807, 2.05) is 65.4 Å². The standard InChI is InChI=1S/C23H20N4O3S2/c1-15(22(28)24-16-9-10-18-19(14-16)30-12-11-29-18)32-23-26-25-21(20-8-5-13-31-20)27(23)17-6-3-2-4-7-17/h2-10,13-15H,11-12H2,1H3,(H,24,28)/t15-/m0/s1. The van der Waals surface area contributed by atoms with Crippen molar-refractivity contribution < 1.29 is 14.3 Å². The van der Waals surface area contributed by atoms with Gasteiger partial charge in [0.1, 0.15) is 13.2 Å². The Balaban J connectivity index is 1.37. The summed E-state index contributed by atoms with van der Waals surface area (Å²) in [7, 11) is 0. The minimum atomic E-state index is -0.397. The lowest BCUT2D eigenvalue weighted by Gasteiger charge is -2.19. The van der Waals surface area contributed by atoms with Crippen molar-refractivity contribution in [3.63, 3.8) is 0 Å². The van der Waals surface area contributed by atoms with Crippen LogP contribution >= 0.6 is 23.1 Å². The number of carbonyl (C=O) groups is 1. The Labute approximate surface area is 193 Å². The Kier molecular flexibility index (Phi) is 5.83. The average Bonchev–Trinajstić information content (AvgIpc) is 3.49. The molecule has 5 rings (SSSR count). The number of hydrogen-bond donors (Lipinski definition) is 1. The lowest BCUT2D eigenvalue weighted by atomic mass is 10.2. The average molecular weight is 465 g/mol. The van der Waals surface area contributed by atoms with Crippen molar-refractivity contribution in [3.05, 3.63) is 66.0 Å². The molecule has 4 aromatic rings. The van der Waals surface area contributed by atoms with E-state index in [2.05, 4.69) is 15.5 Å². The summed E-state index contributed by atoms with van der Waals surface area (Å²) in [6, 6.07) is 19.3. The van der Waals surface area contributed by atoms with Gasteiger partial charge in [-0.1, -0.05) is 36.0 Å². The molecule has 1 aliphatic rings. The van der Waals surface area contributed by atoms with Crippen molar-refractivity contribution in [2.24, 2.45) is 0 Å². The van der Waals surface area contributed by atoms with Crippen LogP contribution in [0.3, 0.4) is 0 Å². The predicted octanol–water partition coefficient (Wildman–Crippen LogP) is 4.89. The fourth-order valence-corrected chi connectivity index (χ4v) is 4.86. The summed E-state index contributed by atoms with van der Waals surface area (Å²) in [5.41, 5.74) is 1.61. The van der Waals surface area contributed by atoms with Crippen molar-refractivity contribution >= 4 is 34.7 Å². The second kappa shape index (κ2) is 9.05. The third-order valence-corrected chi connectivity index (χ3v) is 6.76. The molecule has 3 heterocycles. The molecule has 32 heavy (non-hydrogen) atoms. The van der Waals surface area contributed by atoms with Crippen LogP contribution in [0.4, 0.5) is 5.69 Å². The molecule has 1 amide bonds. The maximum Gasteiger partial charge on any atom is 0.237 e. The number of benzene rings is 2. The van der Waals surface area contributed by atoms with Crippen LogP contribution in [-0.2, 0) is 4.79 Å². The second-order valence-corrected chi connectivity index (χ2v) is 9.32. The molecule has 0 unspecified atom stereocenters. The molecule has 2 aromatic heterocycles. The number of nitrogens with one attached hydrogen (secondary N) is 1. The van der Waals surface area contributed by atoms with Gasteiger partial charge in [0.25, 0.3) is 0 Å². The smallest absolute Gasteiger partial charge is 0.237 e. The maximum atomic E-state index is 12.9. The molecule has 7 nitrogen and oxygen atoms in total. The van der Waals surface area contributed by atoms with Crippen LogP contribution in [0.25, 0.3) is 16.4 Å². The third kappa shape index (κ3) is 4.21. The summed E-state index contributed by atoms with van der Waals surface area (Å²) in [6.07, 6.45) is 0. The normalized spacial score (nSPS) is 13.5. The number of ether oxygens (including phenoxy) is 2. The van der Waals surface area contributed by atoms with Crippen LogP contribution in [0.1, 0.15) is 6.92 Å². The number of hydrogen-bond acceptors (Lipinski definition) is 7. The van der Waals surface area contributed by atoms with E-state index in [1.165, 1.54) is 11.8 Å². The van der Waals surface area contributed by atoms with Crippen LogP contribution in [0.5, 0.6) is 11.5 Å². The minimum Gasteiger partial charge on any atom is -0.486 e. The summed E-state index contributed by atoms with van der Waals surface area (Å²) in [4.78, 5) is 13.9. The van der Waals surface area contributed by atoms with Crippen LogP contribution in [-0.4, -0.2) is 39.1 Å². The largest absolute Gasteiger partial charge is 0.486 e. The molecule has 0 saturated carbocycles. The van der Waals surface area contributed by atoms with Gasteiger partial charge in [0, 0.05) is 17.4 Å². The highest BCUT2D eigenvalue weighted by molar-refractivity contribution is 8.00. The number of thioether (sulfide) groups is 1. The van der Waals surface area contributed by atoms with Gasteiger partial charge < -0.3 is 14.8 Å². The van der Waals surface area contributed by atoms with Crippen LogP contribution in [0.2, 0.25) is 0 Å².